The smallest absolute Gasteiger partial charge is 0.272 e. The fraction of sp³-hybridized carbons (Fsp3) is 0.444. The summed E-state index contributed by atoms with van der Waals surface area (Å²) in [6.07, 6.45) is 3.63. The van der Waals surface area contributed by atoms with Crippen LogP contribution in [0.4, 0.5) is 0 Å². The van der Waals surface area contributed by atoms with Crippen molar-refractivity contribution in [3.05, 3.63) is 35.8 Å². The summed E-state index contributed by atoms with van der Waals surface area (Å²) in [6, 6.07) is 5.91. The van der Waals surface area contributed by atoms with Gasteiger partial charge in [0.2, 0.25) is 0 Å². The zero-order valence-electron chi connectivity index (χ0n) is 14.4. The molecule has 4 heterocycles. The number of amides is 2. The Hall–Kier alpha value is -2.90. The molecule has 2 atom stereocenters. The van der Waals surface area contributed by atoms with E-state index in [1.807, 2.05) is 31.3 Å². The number of fused-ring (bicyclic) bond motifs is 2. The van der Waals surface area contributed by atoms with Gasteiger partial charge in [-0.1, -0.05) is 11.2 Å². The highest BCUT2D eigenvalue weighted by molar-refractivity contribution is 6.40. The molecule has 2 aromatic heterocycles. The minimum absolute atomic E-state index is 0.0962. The van der Waals surface area contributed by atoms with Crippen LogP contribution < -0.4 is 5.32 Å². The fourth-order valence-electron chi connectivity index (χ4n) is 3.72. The molecule has 1 N–H and O–H groups in total. The molecule has 0 spiro atoms. The molecule has 8 heteroatoms. The lowest BCUT2D eigenvalue weighted by molar-refractivity contribution is -0.115. The van der Waals surface area contributed by atoms with Crippen molar-refractivity contribution in [2.75, 3.05) is 13.1 Å². The van der Waals surface area contributed by atoms with Crippen LogP contribution in [0.1, 0.15) is 29.0 Å². The van der Waals surface area contributed by atoms with Crippen LogP contribution in [0, 0.1) is 12.8 Å². The van der Waals surface area contributed by atoms with E-state index in [0.29, 0.717) is 30.2 Å². The van der Waals surface area contributed by atoms with E-state index in [0.717, 1.165) is 18.5 Å². The molecular formula is C18H19N5O3. The molecule has 26 heavy (non-hydrogen) atoms. The number of imidazole rings is 1. The molecule has 3 aliphatic rings. The van der Waals surface area contributed by atoms with Gasteiger partial charge in [-0.25, -0.2) is 4.98 Å². The van der Waals surface area contributed by atoms with Crippen molar-refractivity contribution >= 4 is 23.2 Å². The summed E-state index contributed by atoms with van der Waals surface area (Å²) in [5, 5.41) is 6.92. The van der Waals surface area contributed by atoms with Gasteiger partial charge in [-0.2, -0.15) is 0 Å². The second-order valence-electron chi connectivity index (χ2n) is 7.16. The number of likely N-dealkylation sites (tertiary alicyclic amines) is 1. The Morgan fingerprint density at radius 2 is 2.12 bits per heavy atom. The van der Waals surface area contributed by atoms with E-state index >= 15 is 0 Å². The van der Waals surface area contributed by atoms with Crippen LogP contribution in [0.3, 0.4) is 0 Å². The van der Waals surface area contributed by atoms with Gasteiger partial charge < -0.3 is 15.1 Å². The van der Waals surface area contributed by atoms with Gasteiger partial charge in [-0.05, 0) is 31.9 Å². The van der Waals surface area contributed by atoms with Gasteiger partial charge >= 0.3 is 0 Å². The van der Waals surface area contributed by atoms with Crippen molar-refractivity contribution in [3.8, 4) is 0 Å². The predicted molar refractivity (Wildman–Crippen MR) is 92.8 cm³/mol. The molecule has 1 aliphatic carbocycles. The van der Waals surface area contributed by atoms with E-state index in [4.69, 9.17) is 4.84 Å². The predicted octanol–water partition coefficient (Wildman–Crippen LogP) is 0.748. The highest BCUT2D eigenvalue weighted by Gasteiger charge is 2.47. The van der Waals surface area contributed by atoms with Gasteiger partial charge in [0.05, 0.1) is 18.2 Å². The normalized spacial score (nSPS) is 24.3. The quantitative estimate of drug-likeness (QED) is 0.882. The van der Waals surface area contributed by atoms with Crippen molar-refractivity contribution in [1.82, 2.24) is 19.6 Å². The Balaban J connectivity index is 1.37. The third kappa shape index (κ3) is 2.36. The molecule has 134 valence electrons. The molecule has 2 aromatic rings. The fourth-order valence-corrected chi connectivity index (χ4v) is 3.72. The first-order valence-electron chi connectivity index (χ1n) is 8.89. The highest BCUT2D eigenvalue weighted by Crippen LogP contribution is 2.29. The number of rotatable bonds is 3. The number of pyridine rings is 1. The average molecular weight is 353 g/mol. The molecule has 1 saturated heterocycles. The third-order valence-corrected chi connectivity index (χ3v) is 5.24. The van der Waals surface area contributed by atoms with Crippen molar-refractivity contribution in [2.24, 2.45) is 11.1 Å². The molecule has 2 fully saturated rings. The molecular weight excluding hydrogens is 334 g/mol. The van der Waals surface area contributed by atoms with E-state index in [1.165, 1.54) is 0 Å². The van der Waals surface area contributed by atoms with Crippen molar-refractivity contribution < 1.29 is 14.4 Å². The number of aromatic nitrogens is 2. The number of nitrogens with one attached hydrogen (secondary N) is 1. The zero-order chi connectivity index (χ0) is 17.8. The number of nitrogens with zero attached hydrogens (tertiary/aromatic N) is 4. The lowest BCUT2D eigenvalue weighted by atomic mass is 10.0. The zero-order valence-corrected chi connectivity index (χ0v) is 14.4. The topological polar surface area (TPSA) is 88.3 Å². The van der Waals surface area contributed by atoms with Gasteiger partial charge in [-0.15, -0.1) is 0 Å². The molecule has 0 unspecified atom stereocenters. The van der Waals surface area contributed by atoms with Gasteiger partial charge in [0.25, 0.3) is 11.8 Å². The summed E-state index contributed by atoms with van der Waals surface area (Å²) in [6.45, 7) is 2.69. The highest BCUT2D eigenvalue weighted by atomic mass is 16.6. The summed E-state index contributed by atoms with van der Waals surface area (Å²) < 4.78 is 1.81. The average Bonchev–Trinajstić information content (AvgIpc) is 3.05. The van der Waals surface area contributed by atoms with E-state index < -0.39 is 0 Å². The molecule has 2 aliphatic heterocycles. The number of hydrogen-bond acceptors (Lipinski definition) is 5. The lowest BCUT2D eigenvalue weighted by Gasteiger charge is -2.17. The maximum atomic E-state index is 13.1. The molecule has 1 saturated carbocycles. The first-order chi connectivity index (χ1) is 12.6. The first kappa shape index (κ1) is 15.4. The van der Waals surface area contributed by atoms with E-state index in [1.54, 1.807) is 9.30 Å². The molecule has 5 rings (SSSR count). The van der Waals surface area contributed by atoms with E-state index in [-0.39, 0.29) is 29.9 Å². The van der Waals surface area contributed by atoms with Crippen LogP contribution in [-0.4, -0.2) is 57.0 Å². The maximum Gasteiger partial charge on any atom is 0.272 e. The number of carbonyl (C=O) groups is 2. The van der Waals surface area contributed by atoms with Crippen molar-refractivity contribution in [3.63, 3.8) is 0 Å². The van der Waals surface area contributed by atoms with Crippen LogP contribution in [0.2, 0.25) is 0 Å². The number of carbonyl (C=O) groups excluding carboxylic acids is 2. The number of oxime groups is 1. The third-order valence-electron chi connectivity index (χ3n) is 5.24. The van der Waals surface area contributed by atoms with Crippen LogP contribution in [0.5, 0.6) is 0 Å². The summed E-state index contributed by atoms with van der Waals surface area (Å²) in [5.74, 6) is -0.432. The standard InChI is InChI=1S/C18H19N5O3/c1-10-16(23-7-3-2-4-14(23)19-10)18(25)22-8-12-13(9-22)26-21-15(12)17(24)20-11-5-6-11/h2-4,7,11-13H,5-6,8-9H2,1H3,(H,20,24)/t12-,13+/m0/s1. The monoisotopic (exact) mass is 353 g/mol. The second kappa shape index (κ2) is 5.55. The summed E-state index contributed by atoms with van der Waals surface area (Å²) in [7, 11) is 0. The molecule has 0 bridgehead atoms. The summed E-state index contributed by atoms with van der Waals surface area (Å²) in [4.78, 5) is 37.1. The van der Waals surface area contributed by atoms with Crippen LogP contribution in [0.15, 0.2) is 29.6 Å². The van der Waals surface area contributed by atoms with Crippen molar-refractivity contribution in [1.29, 1.82) is 0 Å². The van der Waals surface area contributed by atoms with Crippen molar-refractivity contribution in [2.45, 2.75) is 31.9 Å². The minimum atomic E-state index is -0.251. The van der Waals surface area contributed by atoms with Crippen LogP contribution >= 0.6 is 0 Å². The molecule has 0 radical (unpaired) electrons. The first-order valence-corrected chi connectivity index (χ1v) is 8.89. The van der Waals surface area contributed by atoms with Gasteiger partial charge in [0.15, 0.2) is 11.8 Å². The van der Waals surface area contributed by atoms with Gasteiger partial charge in [0.1, 0.15) is 11.3 Å². The number of aryl methyl sites for hydroxylation is 1. The second-order valence-corrected chi connectivity index (χ2v) is 7.16. The van der Waals surface area contributed by atoms with Gasteiger partial charge in [-0.3, -0.25) is 14.0 Å². The Bertz CT molecular complexity index is 945. The molecule has 8 nitrogen and oxygen atoms in total. The lowest BCUT2D eigenvalue weighted by Crippen LogP contribution is -2.38. The summed E-state index contributed by atoms with van der Waals surface area (Å²) in [5.41, 5.74) is 2.41. The SMILES string of the molecule is Cc1nc2ccccn2c1C(=O)N1C[C@@H]2C(C(=O)NC3CC3)=NO[C@@H]2C1. The minimum Gasteiger partial charge on any atom is -0.389 e. The summed E-state index contributed by atoms with van der Waals surface area (Å²) >= 11 is 0. The largest absolute Gasteiger partial charge is 0.389 e. The van der Waals surface area contributed by atoms with Gasteiger partial charge in [0, 0.05) is 18.8 Å². The molecule has 2 amide bonds. The Kier molecular flexibility index (Phi) is 3.28. The van der Waals surface area contributed by atoms with E-state index in [2.05, 4.69) is 15.5 Å². The van der Waals surface area contributed by atoms with Crippen LogP contribution in [0.25, 0.3) is 5.65 Å². The van der Waals surface area contributed by atoms with Crippen LogP contribution in [-0.2, 0) is 9.63 Å². The maximum absolute atomic E-state index is 13.1. The van der Waals surface area contributed by atoms with E-state index in [9.17, 15) is 9.59 Å². The number of hydrogen-bond donors (Lipinski definition) is 1. The Morgan fingerprint density at radius 3 is 2.92 bits per heavy atom. The Morgan fingerprint density at radius 1 is 1.27 bits per heavy atom. The Labute approximate surface area is 149 Å². The molecule has 0 aromatic carbocycles.